The minimum atomic E-state index is -0.524. The summed E-state index contributed by atoms with van der Waals surface area (Å²) >= 11 is 9.40. The van der Waals surface area contributed by atoms with Crippen molar-refractivity contribution in [3.8, 4) is 11.5 Å². The van der Waals surface area contributed by atoms with Crippen molar-refractivity contribution in [2.45, 2.75) is 0 Å². The lowest BCUT2D eigenvalue weighted by molar-refractivity contribution is 0.100. The highest BCUT2D eigenvalue weighted by molar-refractivity contribution is 9.10. The lowest BCUT2D eigenvalue weighted by Crippen LogP contribution is -2.10. The van der Waals surface area contributed by atoms with Gasteiger partial charge in [-0.2, -0.15) is 0 Å². The number of nitrogens with two attached hydrogens (primary N) is 1. The van der Waals surface area contributed by atoms with Gasteiger partial charge in [0.1, 0.15) is 11.5 Å². The van der Waals surface area contributed by atoms with Gasteiger partial charge < -0.3 is 10.5 Å². The first-order chi connectivity index (χ1) is 8.58. The van der Waals surface area contributed by atoms with Gasteiger partial charge in [0.05, 0.1) is 9.50 Å². The topological polar surface area (TPSA) is 52.3 Å². The van der Waals surface area contributed by atoms with Crippen LogP contribution in [-0.2, 0) is 0 Å². The molecule has 18 heavy (non-hydrogen) atoms. The van der Waals surface area contributed by atoms with Crippen molar-refractivity contribution >= 4 is 33.4 Å². The maximum absolute atomic E-state index is 11.0. The van der Waals surface area contributed by atoms with Crippen molar-refractivity contribution in [3.63, 3.8) is 0 Å². The summed E-state index contributed by atoms with van der Waals surface area (Å²) in [6.45, 7) is 0. The maximum Gasteiger partial charge on any atom is 0.248 e. The predicted molar refractivity (Wildman–Crippen MR) is 74.2 cm³/mol. The molecule has 0 fully saturated rings. The first-order valence-corrected chi connectivity index (χ1v) is 6.27. The van der Waals surface area contributed by atoms with Gasteiger partial charge in [-0.1, -0.05) is 23.7 Å². The molecule has 0 bridgehead atoms. The lowest BCUT2D eigenvalue weighted by Gasteiger charge is -2.09. The Morgan fingerprint density at radius 1 is 1.17 bits per heavy atom. The number of carbonyl (C=O) groups is 1. The van der Waals surface area contributed by atoms with E-state index >= 15 is 0 Å². The zero-order valence-electron chi connectivity index (χ0n) is 9.19. The Balaban J connectivity index is 2.30. The largest absolute Gasteiger partial charge is 0.455 e. The summed E-state index contributed by atoms with van der Waals surface area (Å²) in [5.41, 5.74) is 5.51. The first-order valence-electron chi connectivity index (χ1n) is 5.09. The average molecular weight is 327 g/mol. The van der Waals surface area contributed by atoms with E-state index in [1.165, 1.54) is 6.07 Å². The van der Waals surface area contributed by atoms with Gasteiger partial charge in [-0.3, -0.25) is 4.79 Å². The minimum absolute atomic E-state index is 0.335. The average Bonchev–Trinajstić information content (AvgIpc) is 2.34. The molecule has 0 heterocycles. The van der Waals surface area contributed by atoms with E-state index in [4.69, 9.17) is 22.1 Å². The molecule has 0 saturated heterocycles. The summed E-state index contributed by atoms with van der Waals surface area (Å²) in [4.78, 5) is 11.0. The van der Waals surface area contributed by atoms with Gasteiger partial charge in [0.25, 0.3) is 0 Å². The Bertz CT molecular complexity index is 601. The molecule has 0 aromatic heterocycles. The van der Waals surface area contributed by atoms with Crippen molar-refractivity contribution in [1.82, 2.24) is 0 Å². The Morgan fingerprint density at radius 3 is 2.50 bits per heavy atom. The third-order valence-corrected chi connectivity index (χ3v) is 3.22. The molecule has 2 aromatic carbocycles. The Labute approximate surface area is 118 Å². The first kappa shape index (κ1) is 12.9. The standard InChI is InChI=1S/C13H9BrClNO2/c14-9-3-1-2-4-11(9)18-12-6-5-8(13(16)17)7-10(12)15/h1-7H,(H2,16,17). The van der Waals surface area contributed by atoms with Crippen molar-refractivity contribution < 1.29 is 9.53 Å². The lowest BCUT2D eigenvalue weighted by atomic mass is 10.2. The van der Waals surface area contributed by atoms with Crippen LogP contribution in [-0.4, -0.2) is 5.91 Å². The molecule has 0 unspecified atom stereocenters. The molecule has 92 valence electrons. The number of carbonyl (C=O) groups excluding carboxylic acids is 1. The summed E-state index contributed by atoms with van der Waals surface area (Å²) in [5.74, 6) is 0.587. The summed E-state index contributed by atoms with van der Waals surface area (Å²) in [7, 11) is 0. The highest BCUT2D eigenvalue weighted by Crippen LogP contribution is 2.33. The van der Waals surface area contributed by atoms with Crippen molar-refractivity contribution in [3.05, 3.63) is 57.5 Å². The Hall–Kier alpha value is -1.52. The van der Waals surface area contributed by atoms with E-state index < -0.39 is 5.91 Å². The van der Waals surface area contributed by atoms with Crippen LogP contribution in [0.2, 0.25) is 5.02 Å². The molecular weight excluding hydrogens is 318 g/mol. The van der Waals surface area contributed by atoms with Crippen LogP contribution in [0.1, 0.15) is 10.4 Å². The minimum Gasteiger partial charge on any atom is -0.455 e. The van der Waals surface area contributed by atoms with Gasteiger partial charge in [-0.05, 0) is 46.3 Å². The highest BCUT2D eigenvalue weighted by atomic mass is 79.9. The van der Waals surface area contributed by atoms with Crippen LogP contribution in [0, 0.1) is 0 Å². The molecule has 0 atom stereocenters. The maximum atomic E-state index is 11.0. The van der Waals surface area contributed by atoms with Crippen LogP contribution in [0.3, 0.4) is 0 Å². The highest BCUT2D eigenvalue weighted by Gasteiger charge is 2.08. The van der Waals surface area contributed by atoms with E-state index in [2.05, 4.69) is 15.9 Å². The summed E-state index contributed by atoms with van der Waals surface area (Å²) in [6, 6.07) is 12.1. The molecule has 0 saturated carbocycles. The van der Waals surface area contributed by atoms with Gasteiger partial charge in [0.15, 0.2) is 0 Å². The van der Waals surface area contributed by atoms with Crippen LogP contribution in [0.4, 0.5) is 0 Å². The third-order valence-electron chi connectivity index (χ3n) is 2.27. The van der Waals surface area contributed by atoms with E-state index in [0.717, 1.165) is 4.47 Å². The van der Waals surface area contributed by atoms with Crippen LogP contribution in [0.5, 0.6) is 11.5 Å². The molecule has 1 amide bonds. The molecule has 2 rings (SSSR count). The summed E-state index contributed by atoms with van der Waals surface area (Å²) < 4.78 is 6.46. The van der Waals surface area contributed by atoms with Gasteiger partial charge in [-0.15, -0.1) is 0 Å². The van der Waals surface area contributed by atoms with Crippen molar-refractivity contribution in [1.29, 1.82) is 0 Å². The second-order valence-corrected chi connectivity index (χ2v) is 4.80. The fourth-order valence-electron chi connectivity index (χ4n) is 1.38. The quantitative estimate of drug-likeness (QED) is 0.927. The zero-order chi connectivity index (χ0) is 13.1. The summed E-state index contributed by atoms with van der Waals surface area (Å²) in [6.07, 6.45) is 0. The third kappa shape index (κ3) is 2.83. The second-order valence-electron chi connectivity index (χ2n) is 3.54. The van der Waals surface area contributed by atoms with Crippen LogP contribution in [0.25, 0.3) is 0 Å². The molecule has 2 N–H and O–H groups in total. The van der Waals surface area contributed by atoms with E-state index in [9.17, 15) is 4.79 Å². The van der Waals surface area contributed by atoms with Crippen molar-refractivity contribution in [2.24, 2.45) is 5.73 Å². The number of halogens is 2. The molecule has 3 nitrogen and oxygen atoms in total. The number of rotatable bonds is 3. The smallest absolute Gasteiger partial charge is 0.248 e. The Morgan fingerprint density at radius 2 is 1.89 bits per heavy atom. The number of hydrogen-bond donors (Lipinski definition) is 1. The monoisotopic (exact) mass is 325 g/mol. The Kier molecular flexibility index (Phi) is 3.89. The normalized spacial score (nSPS) is 10.1. The molecule has 2 aromatic rings. The summed E-state index contributed by atoms with van der Waals surface area (Å²) in [5, 5.41) is 0.335. The molecule has 0 aliphatic carbocycles. The molecule has 0 aliphatic rings. The molecule has 5 heteroatoms. The number of para-hydroxylation sites is 1. The van der Waals surface area contributed by atoms with E-state index in [-0.39, 0.29) is 0 Å². The SMILES string of the molecule is NC(=O)c1ccc(Oc2ccccc2Br)c(Cl)c1. The fraction of sp³-hybridized carbons (Fsp3) is 0. The molecule has 0 radical (unpaired) electrons. The molecule has 0 spiro atoms. The van der Waals surface area contributed by atoms with E-state index in [0.29, 0.717) is 22.1 Å². The number of ether oxygens (including phenoxy) is 1. The predicted octanol–water partition coefficient (Wildman–Crippen LogP) is 3.99. The van der Waals surface area contributed by atoms with Gasteiger partial charge in [0.2, 0.25) is 5.91 Å². The number of amides is 1. The van der Waals surface area contributed by atoms with E-state index in [1.807, 2.05) is 24.3 Å². The molecular formula is C13H9BrClNO2. The van der Waals surface area contributed by atoms with E-state index in [1.54, 1.807) is 12.1 Å². The van der Waals surface area contributed by atoms with Gasteiger partial charge in [-0.25, -0.2) is 0 Å². The van der Waals surface area contributed by atoms with Crippen LogP contribution >= 0.6 is 27.5 Å². The number of hydrogen-bond acceptors (Lipinski definition) is 2. The fourth-order valence-corrected chi connectivity index (χ4v) is 1.97. The van der Waals surface area contributed by atoms with Crippen LogP contribution in [0.15, 0.2) is 46.9 Å². The van der Waals surface area contributed by atoms with Gasteiger partial charge >= 0.3 is 0 Å². The van der Waals surface area contributed by atoms with Crippen molar-refractivity contribution in [2.75, 3.05) is 0 Å². The number of benzene rings is 2. The zero-order valence-corrected chi connectivity index (χ0v) is 11.5. The molecule has 0 aliphatic heterocycles. The second kappa shape index (κ2) is 5.42. The van der Waals surface area contributed by atoms with Crippen LogP contribution < -0.4 is 10.5 Å². The van der Waals surface area contributed by atoms with Gasteiger partial charge in [0, 0.05) is 5.56 Å². The number of primary amides is 1.